The van der Waals surface area contributed by atoms with Gasteiger partial charge in [0.05, 0.1) is 5.69 Å². The smallest absolute Gasteiger partial charge is 0.227 e. The Labute approximate surface area is 158 Å². The van der Waals surface area contributed by atoms with Crippen LogP contribution in [0, 0.1) is 23.7 Å². The van der Waals surface area contributed by atoms with Crippen molar-refractivity contribution in [1.82, 2.24) is 4.90 Å². The zero-order chi connectivity index (χ0) is 18.3. The third kappa shape index (κ3) is 3.54. The molecule has 1 aromatic rings. The molecule has 0 radical (unpaired) electrons. The molecule has 2 aliphatic carbocycles. The number of piperidine rings is 1. The van der Waals surface area contributed by atoms with Gasteiger partial charge in [0.2, 0.25) is 11.8 Å². The van der Waals surface area contributed by atoms with E-state index >= 15 is 0 Å². The van der Waals surface area contributed by atoms with Crippen LogP contribution in [0.5, 0.6) is 5.75 Å². The summed E-state index contributed by atoms with van der Waals surface area (Å²) in [6.45, 7) is 1.29. The lowest BCUT2D eigenvalue weighted by atomic mass is 9.81. The Balaban J connectivity index is 1.27. The lowest BCUT2D eigenvalue weighted by Crippen LogP contribution is -2.42. The number of phenols is 1. The molecule has 6 heteroatoms. The van der Waals surface area contributed by atoms with Crippen molar-refractivity contribution in [2.45, 2.75) is 38.5 Å². The molecule has 3 fully saturated rings. The number of phenolic OH excluding ortho intramolecular Hbond substituents is 1. The Hall–Kier alpha value is -1.75. The summed E-state index contributed by atoms with van der Waals surface area (Å²) in [5, 5.41) is 13.1. The number of hydrogen-bond acceptors (Lipinski definition) is 3. The Bertz CT molecular complexity index is 711. The summed E-state index contributed by atoms with van der Waals surface area (Å²) in [5.41, 5.74) is 0.335. The second-order valence-corrected chi connectivity index (χ2v) is 8.38. The van der Waals surface area contributed by atoms with Crippen LogP contribution in [0.15, 0.2) is 18.2 Å². The zero-order valence-corrected chi connectivity index (χ0v) is 15.5. The number of rotatable bonds is 4. The molecule has 5 nitrogen and oxygen atoms in total. The first kappa shape index (κ1) is 17.7. The van der Waals surface area contributed by atoms with Crippen LogP contribution in [-0.4, -0.2) is 34.9 Å². The molecule has 0 aromatic heterocycles. The third-order valence-corrected chi connectivity index (χ3v) is 6.54. The highest BCUT2D eigenvalue weighted by Gasteiger charge is 2.50. The molecule has 0 unspecified atom stereocenters. The van der Waals surface area contributed by atoms with Gasteiger partial charge >= 0.3 is 0 Å². The molecule has 4 rings (SSSR count). The molecule has 1 saturated heterocycles. The van der Waals surface area contributed by atoms with E-state index < -0.39 is 0 Å². The number of nitrogens with one attached hydrogen (secondary N) is 1. The number of carbonyl (C=O) groups is 2. The fourth-order valence-corrected chi connectivity index (χ4v) is 4.50. The highest BCUT2D eigenvalue weighted by molar-refractivity contribution is 6.31. The number of nitrogens with zero attached hydrogens (tertiary/aromatic N) is 1. The summed E-state index contributed by atoms with van der Waals surface area (Å²) in [6.07, 6.45) is 6.32. The first-order valence-corrected chi connectivity index (χ1v) is 9.99. The monoisotopic (exact) mass is 376 g/mol. The van der Waals surface area contributed by atoms with E-state index in [0.29, 0.717) is 48.5 Å². The summed E-state index contributed by atoms with van der Waals surface area (Å²) < 4.78 is 0. The highest BCUT2D eigenvalue weighted by Crippen LogP contribution is 2.52. The average Bonchev–Trinajstić information content (AvgIpc) is 3.36. The van der Waals surface area contributed by atoms with Crippen LogP contribution in [0.1, 0.15) is 38.5 Å². The SMILES string of the molecule is O=C(Nc1cc(Cl)ccc1O)C1CCN(C(=O)[C@@H]2C[C@H]2C2CCC2)CC1. The summed E-state index contributed by atoms with van der Waals surface area (Å²) in [4.78, 5) is 27.1. The third-order valence-electron chi connectivity index (χ3n) is 6.31. The molecule has 26 heavy (non-hydrogen) atoms. The van der Waals surface area contributed by atoms with E-state index in [1.54, 1.807) is 12.1 Å². The summed E-state index contributed by atoms with van der Waals surface area (Å²) in [7, 11) is 0. The predicted molar refractivity (Wildman–Crippen MR) is 100.0 cm³/mol. The minimum absolute atomic E-state index is 0.00568. The van der Waals surface area contributed by atoms with Crippen molar-refractivity contribution in [2.24, 2.45) is 23.7 Å². The van der Waals surface area contributed by atoms with E-state index in [0.717, 1.165) is 12.3 Å². The van der Waals surface area contributed by atoms with E-state index in [9.17, 15) is 14.7 Å². The molecular formula is C20H25ClN2O3. The highest BCUT2D eigenvalue weighted by atomic mass is 35.5. The fourth-order valence-electron chi connectivity index (χ4n) is 4.33. The molecule has 3 aliphatic rings. The quantitative estimate of drug-likeness (QED) is 0.788. The van der Waals surface area contributed by atoms with E-state index in [2.05, 4.69) is 5.32 Å². The van der Waals surface area contributed by atoms with Gasteiger partial charge < -0.3 is 15.3 Å². The van der Waals surface area contributed by atoms with E-state index in [1.165, 1.54) is 25.3 Å². The van der Waals surface area contributed by atoms with Crippen molar-refractivity contribution >= 4 is 29.1 Å². The second kappa shape index (κ2) is 7.10. The topological polar surface area (TPSA) is 69.6 Å². The molecular weight excluding hydrogens is 352 g/mol. The van der Waals surface area contributed by atoms with E-state index in [1.807, 2.05) is 4.90 Å². The normalized spacial score (nSPS) is 26.3. The number of halogens is 1. The predicted octanol–water partition coefficient (Wildman–Crippen LogP) is 3.66. The Morgan fingerprint density at radius 2 is 1.88 bits per heavy atom. The van der Waals surface area contributed by atoms with Gasteiger partial charge in [-0.05, 0) is 49.3 Å². The van der Waals surface area contributed by atoms with Crippen LogP contribution in [-0.2, 0) is 9.59 Å². The number of aromatic hydroxyl groups is 1. The molecule has 0 spiro atoms. The minimum Gasteiger partial charge on any atom is -0.506 e. The van der Waals surface area contributed by atoms with Crippen molar-refractivity contribution < 1.29 is 14.7 Å². The van der Waals surface area contributed by atoms with Gasteiger partial charge in [-0.25, -0.2) is 0 Å². The van der Waals surface area contributed by atoms with Gasteiger partial charge in [-0.3, -0.25) is 9.59 Å². The average molecular weight is 377 g/mol. The van der Waals surface area contributed by atoms with Crippen molar-refractivity contribution in [3.63, 3.8) is 0 Å². The largest absolute Gasteiger partial charge is 0.506 e. The summed E-state index contributed by atoms with van der Waals surface area (Å²) >= 11 is 5.92. The molecule has 1 aliphatic heterocycles. The van der Waals surface area contributed by atoms with Gasteiger partial charge in [0.25, 0.3) is 0 Å². The van der Waals surface area contributed by atoms with Gasteiger partial charge in [0.15, 0.2) is 0 Å². The van der Waals surface area contributed by atoms with Gasteiger partial charge in [0.1, 0.15) is 5.75 Å². The lowest BCUT2D eigenvalue weighted by Gasteiger charge is -2.32. The van der Waals surface area contributed by atoms with Crippen LogP contribution in [0.2, 0.25) is 5.02 Å². The molecule has 1 aromatic carbocycles. The second-order valence-electron chi connectivity index (χ2n) is 7.95. The number of likely N-dealkylation sites (tertiary alicyclic amines) is 1. The zero-order valence-electron chi connectivity index (χ0n) is 14.8. The van der Waals surface area contributed by atoms with Crippen LogP contribution < -0.4 is 5.32 Å². The number of benzene rings is 1. The summed E-state index contributed by atoms with van der Waals surface area (Å²) in [6, 6.07) is 4.58. The van der Waals surface area contributed by atoms with Crippen LogP contribution in [0.3, 0.4) is 0 Å². The van der Waals surface area contributed by atoms with Crippen LogP contribution in [0.4, 0.5) is 5.69 Å². The Kier molecular flexibility index (Phi) is 4.82. The van der Waals surface area contributed by atoms with Crippen LogP contribution in [0.25, 0.3) is 0 Å². The molecule has 2 saturated carbocycles. The summed E-state index contributed by atoms with van der Waals surface area (Å²) in [5.74, 6) is 1.71. The van der Waals surface area contributed by atoms with Gasteiger partial charge in [-0.2, -0.15) is 0 Å². The van der Waals surface area contributed by atoms with E-state index in [4.69, 9.17) is 11.6 Å². The fraction of sp³-hybridized carbons (Fsp3) is 0.600. The lowest BCUT2D eigenvalue weighted by molar-refractivity contribution is -0.136. The molecule has 140 valence electrons. The van der Waals surface area contributed by atoms with Crippen molar-refractivity contribution in [1.29, 1.82) is 0 Å². The molecule has 1 heterocycles. The molecule has 0 bridgehead atoms. The van der Waals surface area contributed by atoms with Gasteiger partial charge in [-0.15, -0.1) is 0 Å². The maximum atomic E-state index is 12.6. The van der Waals surface area contributed by atoms with Gasteiger partial charge in [-0.1, -0.05) is 30.9 Å². The van der Waals surface area contributed by atoms with Crippen LogP contribution >= 0.6 is 11.6 Å². The number of hydrogen-bond donors (Lipinski definition) is 2. The maximum Gasteiger partial charge on any atom is 0.227 e. The minimum atomic E-state index is -0.140. The van der Waals surface area contributed by atoms with Crippen molar-refractivity contribution in [2.75, 3.05) is 18.4 Å². The number of amides is 2. The maximum absolute atomic E-state index is 12.6. The number of anilines is 1. The standard InChI is InChI=1S/C20H25ClN2O3/c21-14-4-5-18(24)17(10-14)22-19(25)13-6-8-23(9-7-13)20(26)16-11-15(16)12-2-1-3-12/h4-5,10,12-13,15-16,24H,1-3,6-9,11H2,(H,22,25)/t15-,16+/m0/s1. The molecule has 2 amide bonds. The van der Waals surface area contributed by atoms with Gasteiger partial charge in [0, 0.05) is 29.9 Å². The van der Waals surface area contributed by atoms with Crippen molar-refractivity contribution in [3.05, 3.63) is 23.2 Å². The first-order valence-electron chi connectivity index (χ1n) is 9.61. The molecule has 2 N–H and O–H groups in total. The first-order chi connectivity index (χ1) is 12.5. The Morgan fingerprint density at radius 1 is 1.15 bits per heavy atom. The van der Waals surface area contributed by atoms with Crippen molar-refractivity contribution in [3.8, 4) is 5.75 Å². The van der Waals surface area contributed by atoms with E-state index in [-0.39, 0.29) is 23.5 Å². The molecule has 2 atom stereocenters. The number of carbonyl (C=O) groups excluding carboxylic acids is 2. The Morgan fingerprint density at radius 3 is 2.54 bits per heavy atom.